The van der Waals surface area contributed by atoms with Crippen molar-refractivity contribution in [2.45, 2.75) is 70.6 Å². The van der Waals surface area contributed by atoms with Gasteiger partial charge in [0, 0.05) is 37.1 Å². The van der Waals surface area contributed by atoms with E-state index in [-0.39, 0.29) is 42.0 Å². The molecule has 1 heterocycles. The monoisotopic (exact) mass is 883 g/mol. The molecule has 0 aliphatic carbocycles. The van der Waals surface area contributed by atoms with E-state index in [1.807, 2.05) is 78.9 Å². The highest BCUT2D eigenvalue weighted by molar-refractivity contribution is 6.08. The fraction of sp³-hybridized carbons (Fsp3) is 0.321. The van der Waals surface area contributed by atoms with E-state index in [9.17, 15) is 28.8 Å². The van der Waals surface area contributed by atoms with E-state index in [0.29, 0.717) is 45.0 Å². The molecular weight excluding hydrogens is 827 g/mol. The normalized spacial score (nSPS) is 13.2. The highest BCUT2D eigenvalue weighted by Gasteiger charge is 2.39. The standard InChI is InChI=1S/C33H35NO6.C20H22O5/c1-2-32(37)40-19-9-4-3-8-18-39-29-15-14-25-20-27(13-12-26(25)21-29)30(35)22-28-23-31(36)34(33(28)38)17-16-24-10-6-5-7-11-24;1-2-19(21)25-12-6-4-3-5-11-24-18-10-9-15-13-17(20(22)23)8-7-16(15)14-18/h2,5-7,10-15,20-21,28H,1,3-4,8-9,16-19,22-23H2;2,7-10,13-14H,1,3-6,11-12H2,(H,22,23). The first-order valence-electron chi connectivity index (χ1n) is 22.1. The molecule has 1 unspecified atom stereocenters. The number of imide groups is 1. The van der Waals surface area contributed by atoms with Gasteiger partial charge in [-0.15, -0.1) is 0 Å². The van der Waals surface area contributed by atoms with Gasteiger partial charge in [0.1, 0.15) is 11.5 Å². The third kappa shape index (κ3) is 15.9. The molecule has 65 heavy (non-hydrogen) atoms. The molecule has 5 aromatic carbocycles. The zero-order chi connectivity index (χ0) is 46.4. The molecule has 6 rings (SSSR count). The summed E-state index contributed by atoms with van der Waals surface area (Å²) >= 11 is 0. The number of fused-ring (bicyclic) bond motifs is 2. The zero-order valence-corrected chi connectivity index (χ0v) is 36.8. The first kappa shape index (κ1) is 48.9. The maximum absolute atomic E-state index is 13.0. The molecule has 1 saturated heterocycles. The molecular formula is C53H57NO11. The van der Waals surface area contributed by atoms with Crippen molar-refractivity contribution in [2.75, 3.05) is 33.0 Å². The van der Waals surface area contributed by atoms with Crippen LogP contribution >= 0.6 is 0 Å². The average Bonchev–Trinajstić information content (AvgIpc) is 3.59. The number of ketones is 1. The minimum absolute atomic E-state index is 0.0236. The summed E-state index contributed by atoms with van der Waals surface area (Å²) in [4.78, 5) is 72.5. The van der Waals surface area contributed by atoms with Gasteiger partial charge in [0.2, 0.25) is 11.8 Å². The van der Waals surface area contributed by atoms with E-state index in [4.69, 9.17) is 24.1 Å². The number of unbranched alkanes of at least 4 members (excludes halogenated alkanes) is 6. The smallest absolute Gasteiger partial charge is 0.335 e. The van der Waals surface area contributed by atoms with E-state index in [2.05, 4.69) is 13.2 Å². The first-order valence-corrected chi connectivity index (χ1v) is 22.1. The minimum Gasteiger partial charge on any atom is -0.494 e. The zero-order valence-electron chi connectivity index (χ0n) is 36.8. The van der Waals surface area contributed by atoms with Gasteiger partial charge in [0.05, 0.1) is 37.9 Å². The van der Waals surface area contributed by atoms with E-state index in [0.717, 1.165) is 90.0 Å². The Kier molecular flexibility index (Phi) is 19.5. The van der Waals surface area contributed by atoms with Gasteiger partial charge in [0.15, 0.2) is 5.78 Å². The van der Waals surface area contributed by atoms with Gasteiger partial charge in [-0.3, -0.25) is 19.3 Å². The lowest BCUT2D eigenvalue weighted by molar-refractivity contribution is -0.140. The largest absolute Gasteiger partial charge is 0.494 e. The lowest BCUT2D eigenvalue weighted by Gasteiger charge is -2.15. The number of hydrogen-bond acceptors (Lipinski definition) is 10. The van der Waals surface area contributed by atoms with Gasteiger partial charge in [-0.2, -0.15) is 0 Å². The number of hydrogen-bond donors (Lipinski definition) is 1. The Hall–Kier alpha value is -7.08. The quantitative estimate of drug-likeness (QED) is 0.0195. The number of aromatic carboxylic acids is 1. The van der Waals surface area contributed by atoms with E-state index < -0.39 is 17.9 Å². The second-order valence-electron chi connectivity index (χ2n) is 15.7. The number of rotatable bonds is 25. The van der Waals surface area contributed by atoms with Crippen LogP contribution in [0.3, 0.4) is 0 Å². The molecule has 0 spiro atoms. The van der Waals surface area contributed by atoms with Crippen LogP contribution in [0.5, 0.6) is 11.5 Å². The number of carboxylic acid groups (broad SMARTS) is 1. The van der Waals surface area contributed by atoms with Crippen LogP contribution in [0, 0.1) is 5.92 Å². The van der Waals surface area contributed by atoms with E-state index in [1.54, 1.807) is 24.3 Å². The first-order chi connectivity index (χ1) is 31.5. The summed E-state index contributed by atoms with van der Waals surface area (Å²) in [7, 11) is 0. The molecule has 12 heteroatoms. The minimum atomic E-state index is -0.929. The predicted molar refractivity (Wildman–Crippen MR) is 249 cm³/mol. The van der Waals surface area contributed by atoms with Crippen molar-refractivity contribution in [3.05, 3.63) is 145 Å². The van der Waals surface area contributed by atoms with Crippen molar-refractivity contribution < 1.29 is 52.8 Å². The molecule has 0 aromatic heterocycles. The molecule has 340 valence electrons. The second-order valence-corrected chi connectivity index (χ2v) is 15.7. The van der Waals surface area contributed by atoms with Crippen LogP contribution in [-0.4, -0.2) is 78.5 Å². The van der Waals surface area contributed by atoms with Gasteiger partial charge in [-0.25, -0.2) is 14.4 Å². The summed E-state index contributed by atoms with van der Waals surface area (Å²) in [5, 5.41) is 12.7. The fourth-order valence-electron chi connectivity index (χ4n) is 7.27. The average molecular weight is 884 g/mol. The van der Waals surface area contributed by atoms with Gasteiger partial charge < -0.3 is 24.1 Å². The molecule has 2 amide bonds. The molecule has 0 radical (unpaired) electrons. The third-order valence-corrected chi connectivity index (χ3v) is 10.9. The number of ether oxygens (including phenoxy) is 4. The predicted octanol–water partition coefficient (Wildman–Crippen LogP) is 9.91. The van der Waals surface area contributed by atoms with Crippen molar-refractivity contribution in [1.29, 1.82) is 0 Å². The summed E-state index contributed by atoms with van der Waals surface area (Å²) in [5.74, 6) is -1.38. The summed E-state index contributed by atoms with van der Waals surface area (Å²) in [5.41, 5.74) is 1.87. The number of Topliss-reactive ketones (excluding diaryl/α,β-unsaturated/α-hetero) is 1. The number of carbonyl (C=O) groups is 6. The van der Waals surface area contributed by atoms with Crippen LogP contribution in [0.2, 0.25) is 0 Å². The number of likely N-dealkylation sites (tertiary alicyclic amines) is 1. The van der Waals surface area contributed by atoms with Crippen molar-refractivity contribution >= 4 is 57.1 Å². The molecule has 0 bridgehead atoms. The van der Waals surface area contributed by atoms with Gasteiger partial charge in [-0.1, -0.05) is 73.8 Å². The van der Waals surface area contributed by atoms with Crippen LogP contribution in [0.1, 0.15) is 90.5 Å². The van der Waals surface area contributed by atoms with Crippen molar-refractivity contribution in [2.24, 2.45) is 5.92 Å². The Morgan fingerprint density at radius 1 is 0.600 bits per heavy atom. The molecule has 1 aliphatic heterocycles. The summed E-state index contributed by atoms with van der Waals surface area (Å²) < 4.78 is 21.5. The van der Waals surface area contributed by atoms with Crippen molar-refractivity contribution in [3.8, 4) is 11.5 Å². The summed E-state index contributed by atoms with van der Waals surface area (Å²) in [6.45, 7) is 9.08. The highest BCUT2D eigenvalue weighted by atomic mass is 16.5. The Balaban J connectivity index is 0.000000273. The van der Waals surface area contributed by atoms with Crippen molar-refractivity contribution in [1.82, 2.24) is 4.90 Å². The molecule has 1 aliphatic rings. The molecule has 1 atom stereocenters. The molecule has 1 N–H and O–H groups in total. The van der Waals surface area contributed by atoms with Crippen LogP contribution in [0.25, 0.3) is 21.5 Å². The Labute approximate surface area is 379 Å². The lowest BCUT2D eigenvalue weighted by Crippen LogP contribution is -2.33. The lowest BCUT2D eigenvalue weighted by atomic mass is 9.95. The number of carboxylic acids is 1. The number of amides is 2. The molecule has 5 aromatic rings. The highest BCUT2D eigenvalue weighted by Crippen LogP contribution is 2.28. The summed E-state index contributed by atoms with van der Waals surface area (Å²) in [6.07, 6.45) is 10.4. The number of esters is 2. The fourth-order valence-corrected chi connectivity index (χ4v) is 7.27. The van der Waals surface area contributed by atoms with E-state index in [1.165, 1.54) is 17.1 Å². The topological polar surface area (TPSA) is 163 Å². The maximum atomic E-state index is 13.0. The second kappa shape index (κ2) is 25.9. The summed E-state index contributed by atoms with van der Waals surface area (Å²) in [6, 6.07) is 31.6. The number of benzene rings is 5. The number of nitrogens with zero attached hydrogens (tertiary/aromatic N) is 1. The van der Waals surface area contributed by atoms with E-state index >= 15 is 0 Å². The Morgan fingerprint density at radius 3 is 1.60 bits per heavy atom. The molecule has 0 saturated carbocycles. The van der Waals surface area contributed by atoms with Crippen LogP contribution in [0.15, 0.2) is 128 Å². The molecule has 12 nitrogen and oxygen atoms in total. The Bertz CT molecular complexity index is 2440. The van der Waals surface area contributed by atoms with Crippen LogP contribution in [-0.2, 0) is 35.1 Å². The number of carbonyl (C=O) groups excluding carboxylic acids is 5. The van der Waals surface area contributed by atoms with Crippen LogP contribution < -0.4 is 9.47 Å². The molecule has 1 fully saturated rings. The van der Waals surface area contributed by atoms with Gasteiger partial charge in [-0.05, 0) is 127 Å². The maximum Gasteiger partial charge on any atom is 0.335 e. The van der Waals surface area contributed by atoms with Crippen molar-refractivity contribution in [3.63, 3.8) is 0 Å². The SMILES string of the molecule is C=CC(=O)OCCCCCCOc1ccc2cc(C(=O)CC3CC(=O)N(CCc4ccccc4)C3=O)ccc2c1.C=CC(=O)OCCCCCCOc1ccc2cc(C(=O)O)ccc2c1. The third-order valence-electron chi connectivity index (χ3n) is 10.9. The Morgan fingerprint density at radius 2 is 1.08 bits per heavy atom. The van der Waals surface area contributed by atoms with Gasteiger partial charge >= 0.3 is 17.9 Å². The van der Waals surface area contributed by atoms with Crippen LogP contribution in [0.4, 0.5) is 0 Å². The van der Waals surface area contributed by atoms with Gasteiger partial charge in [0.25, 0.3) is 0 Å².